The molecule has 36 heavy (non-hydrogen) atoms. The van der Waals surface area contributed by atoms with Crippen molar-refractivity contribution in [1.29, 1.82) is 0 Å². The minimum Gasteiger partial charge on any atom is -0.463 e. The van der Waals surface area contributed by atoms with Gasteiger partial charge in [0.05, 0.1) is 5.39 Å². The standard InChI is InChI=1S/C25H30N2O9/c1-5-6-7-8-9-10-11-19-12-18-13-27(25(31)26-23(18)35-19)24-22(34-17(4)30)21(33-16(3)29)20(36-24)14-32-15(2)28/h12-13,20-22,24H,5-9,14H2,1-4H3/t20-,21-,22+,24-/m1/s1. The molecule has 3 heterocycles. The molecule has 0 radical (unpaired) electrons. The van der Waals surface area contributed by atoms with Gasteiger partial charge in [-0.2, -0.15) is 4.98 Å². The Morgan fingerprint density at radius 2 is 1.78 bits per heavy atom. The van der Waals surface area contributed by atoms with Gasteiger partial charge in [0.15, 0.2) is 24.2 Å². The van der Waals surface area contributed by atoms with Crippen LogP contribution < -0.4 is 5.69 Å². The highest BCUT2D eigenvalue weighted by Gasteiger charge is 2.51. The van der Waals surface area contributed by atoms with Crippen LogP contribution in [0.2, 0.25) is 0 Å². The predicted octanol–water partition coefficient (Wildman–Crippen LogP) is 2.64. The Hall–Kier alpha value is -3.65. The van der Waals surface area contributed by atoms with Crippen LogP contribution in [0, 0.1) is 11.8 Å². The number of hydrogen-bond acceptors (Lipinski definition) is 10. The lowest BCUT2D eigenvalue weighted by Gasteiger charge is -2.23. The van der Waals surface area contributed by atoms with E-state index in [1.54, 1.807) is 6.07 Å². The zero-order valence-corrected chi connectivity index (χ0v) is 20.8. The van der Waals surface area contributed by atoms with Gasteiger partial charge in [-0.3, -0.25) is 19.0 Å². The average molecular weight is 503 g/mol. The summed E-state index contributed by atoms with van der Waals surface area (Å²) in [5.74, 6) is 4.44. The zero-order valence-electron chi connectivity index (χ0n) is 20.8. The summed E-state index contributed by atoms with van der Waals surface area (Å²) in [7, 11) is 0. The molecule has 1 aliphatic rings. The normalized spacial score (nSPS) is 21.0. The first-order valence-corrected chi connectivity index (χ1v) is 11.8. The number of carbonyl (C=O) groups excluding carboxylic acids is 3. The molecule has 11 heteroatoms. The first-order valence-electron chi connectivity index (χ1n) is 11.8. The number of furan rings is 1. The van der Waals surface area contributed by atoms with Crippen molar-refractivity contribution >= 4 is 29.0 Å². The summed E-state index contributed by atoms with van der Waals surface area (Å²) in [6.07, 6.45) is 2.09. The van der Waals surface area contributed by atoms with Crippen molar-refractivity contribution in [2.24, 2.45) is 0 Å². The topological polar surface area (TPSA) is 136 Å². The maximum absolute atomic E-state index is 12.9. The highest BCUT2D eigenvalue weighted by atomic mass is 16.7. The van der Waals surface area contributed by atoms with E-state index in [4.69, 9.17) is 23.4 Å². The maximum Gasteiger partial charge on any atom is 0.353 e. The first-order chi connectivity index (χ1) is 17.2. The molecule has 0 bridgehead atoms. The molecule has 0 saturated carbocycles. The molecule has 194 valence electrons. The fraction of sp³-hybridized carbons (Fsp3) is 0.560. The molecule has 1 saturated heterocycles. The van der Waals surface area contributed by atoms with E-state index < -0.39 is 48.1 Å². The molecular weight excluding hydrogens is 472 g/mol. The van der Waals surface area contributed by atoms with Gasteiger partial charge in [-0.25, -0.2) is 4.79 Å². The summed E-state index contributed by atoms with van der Waals surface area (Å²) < 4.78 is 28.3. The van der Waals surface area contributed by atoms with Crippen molar-refractivity contribution in [1.82, 2.24) is 9.55 Å². The van der Waals surface area contributed by atoms with E-state index in [1.807, 2.05) is 0 Å². The second-order valence-electron chi connectivity index (χ2n) is 8.43. The highest BCUT2D eigenvalue weighted by molar-refractivity contribution is 5.74. The quantitative estimate of drug-likeness (QED) is 0.218. The van der Waals surface area contributed by atoms with Gasteiger partial charge in [-0.1, -0.05) is 32.1 Å². The second-order valence-corrected chi connectivity index (χ2v) is 8.43. The Morgan fingerprint density at radius 3 is 2.44 bits per heavy atom. The van der Waals surface area contributed by atoms with Crippen LogP contribution in [-0.4, -0.2) is 52.4 Å². The van der Waals surface area contributed by atoms with E-state index in [1.165, 1.54) is 33.4 Å². The largest absolute Gasteiger partial charge is 0.463 e. The summed E-state index contributed by atoms with van der Waals surface area (Å²) >= 11 is 0. The fourth-order valence-corrected chi connectivity index (χ4v) is 3.88. The average Bonchev–Trinajstić information content (AvgIpc) is 3.34. The number of unbranched alkanes of at least 4 members (excludes halogenated alkanes) is 4. The summed E-state index contributed by atoms with van der Waals surface area (Å²) in [5.41, 5.74) is -0.644. The predicted molar refractivity (Wildman–Crippen MR) is 126 cm³/mol. The lowest BCUT2D eigenvalue weighted by Crippen LogP contribution is -2.41. The van der Waals surface area contributed by atoms with Crippen molar-refractivity contribution in [3.63, 3.8) is 0 Å². The number of rotatable bonds is 9. The van der Waals surface area contributed by atoms with Crippen molar-refractivity contribution < 1.29 is 37.7 Å². The zero-order chi connectivity index (χ0) is 26.2. The van der Waals surface area contributed by atoms with Crippen LogP contribution in [0.5, 0.6) is 0 Å². The summed E-state index contributed by atoms with van der Waals surface area (Å²) in [6, 6.07) is 1.65. The number of ether oxygens (including phenoxy) is 4. The third kappa shape index (κ3) is 6.95. The Bertz CT molecular complexity index is 1220. The van der Waals surface area contributed by atoms with E-state index in [0.29, 0.717) is 11.1 Å². The number of nitrogens with zero attached hydrogens (tertiary/aromatic N) is 2. The lowest BCUT2D eigenvalue weighted by molar-refractivity contribution is -0.166. The Balaban J connectivity index is 1.91. The molecule has 4 atom stereocenters. The molecule has 0 unspecified atom stereocenters. The Morgan fingerprint density at radius 1 is 1.06 bits per heavy atom. The van der Waals surface area contributed by atoms with Gasteiger partial charge in [0.2, 0.25) is 5.71 Å². The van der Waals surface area contributed by atoms with Gasteiger partial charge >= 0.3 is 23.6 Å². The number of hydrogen-bond donors (Lipinski definition) is 0. The Labute approximate surface area is 208 Å². The van der Waals surface area contributed by atoms with E-state index >= 15 is 0 Å². The summed E-state index contributed by atoms with van der Waals surface area (Å²) in [5, 5.41) is 0.475. The van der Waals surface area contributed by atoms with E-state index in [2.05, 4.69) is 23.7 Å². The molecule has 2 aromatic rings. The minimum atomic E-state index is -1.20. The van der Waals surface area contributed by atoms with E-state index in [0.717, 1.165) is 30.3 Å². The van der Waals surface area contributed by atoms with Crippen LogP contribution in [0.1, 0.15) is 71.8 Å². The number of carbonyl (C=O) groups is 3. The van der Waals surface area contributed by atoms with Crippen molar-refractivity contribution in [3.8, 4) is 11.8 Å². The molecule has 1 aliphatic heterocycles. The Kier molecular flexibility index (Phi) is 9.25. The van der Waals surface area contributed by atoms with Crippen LogP contribution in [0.3, 0.4) is 0 Å². The molecule has 2 aromatic heterocycles. The second kappa shape index (κ2) is 12.4. The van der Waals surface area contributed by atoms with Gasteiger partial charge in [-0.15, -0.1) is 0 Å². The SMILES string of the molecule is CCCCCCC#Cc1cc2cn([C@@H]3O[C@H](COC(C)=O)[C@@H](OC(C)=O)[C@@H]3OC(C)=O)c(=O)nc2o1. The van der Waals surface area contributed by atoms with Crippen molar-refractivity contribution in [2.45, 2.75) is 84.3 Å². The number of aromatic nitrogens is 2. The highest BCUT2D eigenvalue weighted by Crippen LogP contribution is 2.34. The molecule has 3 rings (SSSR count). The van der Waals surface area contributed by atoms with Gasteiger partial charge in [0.25, 0.3) is 0 Å². The smallest absolute Gasteiger partial charge is 0.353 e. The maximum atomic E-state index is 12.9. The fourth-order valence-electron chi connectivity index (χ4n) is 3.88. The van der Waals surface area contributed by atoms with E-state index in [9.17, 15) is 19.2 Å². The van der Waals surface area contributed by atoms with Gasteiger partial charge in [0, 0.05) is 39.5 Å². The van der Waals surface area contributed by atoms with Crippen LogP contribution in [-0.2, 0) is 33.3 Å². The van der Waals surface area contributed by atoms with Crippen molar-refractivity contribution in [2.75, 3.05) is 6.61 Å². The van der Waals surface area contributed by atoms with Gasteiger partial charge < -0.3 is 23.4 Å². The monoisotopic (exact) mass is 502 g/mol. The summed E-state index contributed by atoms with van der Waals surface area (Å²) in [6.45, 7) is 5.43. The van der Waals surface area contributed by atoms with Gasteiger partial charge in [-0.05, 0) is 12.3 Å². The lowest BCUT2D eigenvalue weighted by atomic mass is 10.1. The van der Waals surface area contributed by atoms with Crippen LogP contribution in [0.4, 0.5) is 0 Å². The molecule has 11 nitrogen and oxygen atoms in total. The van der Waals surface area contributed by atoms with Crippen LogP contribution in [0.25, 0.3) is 11.1 Å². The number of esters is 3. The molecule has 0 spiro atoms. The summed E-state index contributed by atoms with van der Waals surface area (Å²) in [4.78, 5) is 51.7. The minimum absolute atomic E-state index is 0.0987. The molecule has 0 aliphatic carbocycles. The van der Waals surface area contributed by atoms with E-state index in [-0.39, 0.29) is 12.3 Å². The first kappa shape index (κ1) is 26.9. The molecule has 0 N–H and O–H groups in total. The molecule has 1 fully saturated rings. The third-order valence-electron chi connectivity index (χ3n) is 5.42. The van der Waals surface area contributed by atoms with Crippen LogP contribution in [0.15, 0.2) is 21.5 Å². The third-order valence-corrected chi connectivity index (χ3v) is 5.42. The molecular formula is C25H30N2O9. The number of fused-ring (bicyclic) bond motifs is 1. The van der Waals surface area contributed by atoms with Gasteiger partial charge in [0.1, 0.15) is 12.7 Å². The molecule has 0 aromatic carbocycles. The van der Waals surface area contributed by atoms with Crippen molar-refractivity contribution in [3.05, 3.63) is 28.5 Å². The van der Waals surface area contributed by atoms with Crippen LogP contribution >= 0.6 is 0 Å². The molecule has 0 amide bonds.